The Morgan fingerprint density at radius 3 is 1.64 bits per heavy atom. The van der Waals surface area contributed by atoms with Gasteiger partial charge in [0.05, 0.1) is 19.6 Å². The van der Waals surface area contributed by atoms with Gasteiger partial charge in [0.15, 0.2) is 5.25 Å². The molecule has 0 saturated carbocycles. The molecular formula is C21H40NaO9PS. The van der Waals surface area contributed by atoms with Crippen LogP contribution in [0.4, 0.5) is 0 Å². The molecule has 0 aliphatic rings. The van der Waals surface area contributed by atoms with E-state index in [-0.39, 0.29) is 54.6 Å². The van der Waals surface area contributed by atoms with E-state index in [9.17, 15) is 22.6 Å². The van der Waals surface area contributed by atoms with Gasteiger partial charge in [-0.3, -0.25) is 9.59 Å². The van der Waals surface area contributed by atoms with Gasteiger partial charge in [-0.25, -0.2) is 8.42 Å². The average Bonchev–Trinajstić information content (AvgIpc) is 2.70. The average molecular weight is 523 g/mol. The minimum Gasteiger partial charge on any atom is -0.747 e. The van der Waals surface area contributed by atoms with Gasteiger partial charge < -0.3 is 18.9 Å². The Balaban J connectivity index is -0.00000165. The predicted octanol–water partition coefficient (Wildman–Crippen LogP) is 0.532. The molecule has 0 N–H and O–H groups in total. The van der Waals surface area contributed by atoms with Gasteiger partial charge in [-0.15, -0.1) is 0 Å². The van der Waals surface area contributed by atoms with Crippen LogP contribution in [0.1, 0.15) is 85.5 Å². The molecule has 0 saturated heterocycles. The summed E-state index contributed by atoms with van der Waals surface area (Å²) in [7, 11) is -7.13. The van der Waals surface area contributed by atoms with Crippen LogP contribution in [0.15, 0.2) is 0 Å². The van der Waals surface area contributed by atoms with Crippen LogP contribution < -0.4 is 34.5 Å². The molecule has 0 fully saturated rings. The summed E-state index contributed by atoms with van der Waals surface area (Å²) in [6, 6.07) is 0. The zero-order chi connectivity index (χ0) is 25.2. The van der Waals surface area contributed by atoms with Gasteiger partial charge in [-0.2, -0.15) is 0 Å². The molecule has 12 heteroatoms. The first-order valence-electron chi connectivity index (χ1n) is 11.3. The van der Waals surface area contributed by atoms with Crippen LogP contribution in [0.5, 0.6) is 0 Å². The van der Waals surface area contributed by atoms with Crippen LogP contribution in [0.25, 0.3) is 0 Å². The fraction of sp³-hybridized carbons (Fsp3) is 0.905. The van der Waals surface area contributed by atoms with E-state index < -0.39 is 41.8 Å². The molecule has 0 aromatic carbocycles. The van der Waals surface area contributed by atoms with Crippen LogP contribution in [-0.2, 0) is 33.7 Å². The van der Waals surface area contributed by atoms with Gasteiger partial charge in [0.1, 0.15) is 16.8 Å². The predicted molar refractivity (Wildman–Crippen MR) is 120 cm³/mol. The maximum Gasteiger partial charge on any atom is 1.00 e. The summed E-state index contributed by atoms with van der Waals surface area (Å²) >= 11 is 0. The van der Waals surface area contributed by atoms with Crippen molar-refractivity contribution in [3.63, 3.8) is 0 Å². The van der Waals surface area contributed by atoms with Gasteiger partial charge in [0.25, 0.3) is 0 Å². The van der Waals surface area contributed by atoms with Crippen molar-refractivity contribution in [3.8, 4) is 0 Å². The Labute approximate surface area is 222 Å². The number of hydrogen-bond donors (Lipinski definition) is 0. The molecule has 0 bridgehead atoms. The second-order valence-corrected chi connectivity index (χ2v) is 10.2. The molecule has 9 nitrogen and oxygen atoms in total. The third-order valence-corrected chi connectivity index (χ3v) is 6.05. The Kier molecular flexibility index (Phi) is 25.4. The summed E-state index contributed by atoms with van der Waals surface area (Å²) in [5, 5.41) is -2.06. The number of carbonyl (C=O) groups excluding carboxylic acids is 2. The van der Waals surface area contributed by atoms with E-state index in [0.29, 0.717) is 0 Å². The maximum absolute atomic E-state index is 12.1. The van der Waals surface area contributed by atoms with E-state index in [1.807, 2.05) is 13.8 Å². The molecule has 0 aromatic heterocycles. The van der Waals surface area contributed by atoms with Crippen molar-refractivity contribution in [1.82, 2.24) is 0 Å². The smallest absolute Gasteiger partial charge is 0.747 e. The number of rotatable bonds is 16. The first-order valence-corrected chi connectivity index (χ1v) is 14.4. The van der Waals surface area contributed by atoms with Crippen LogP contribution in [-0.4, -0.2) is 50.0 Å². The third-order valence-electron chi connectivity index (χ3n) is 4.99. The second-order valence-electron chi connectivity index (χ2n) is 7.77. The zero-order valence-electron chi connectivity index (χ0n) is 21.0. The van der Waals surface area contributed by atoms with Crippen molar-refractivity contribution < 1.29 is 71.0 Å². The minimum absolute atomic E-state index is 0. The first kappa shape index (κ1) is 37.5. The van der Waals surface area contributed by atoms with Crippen molar-refractivity contribution in [2.24, 2.45) is 11.8 Å². The van der Waals surface area contributed by atoms with E-state index >= 15 is 0 Å². The Morgan fingerprint density at radius 1 is 0.909 bits per heavy atom. The second kappa shape index (κ2) is 22.4. The number of ether oxygens (including phenoxy) is 2. The first-order chi connectivity index (χ1) is 14.9. The number of carbonyl (C=O) groups is 2. The van der Waals surface area contributed by atoms with Gasteiger partial charge in [0.2, 0.25) is 0 Å². The van der Waals surface area contributed by atoms with E-state index in [2.05, 4.69) is 13.8 Å². The quantitative estimate of drug-likeness (QED) is 0.122. The topological polar surface area (TPSA) is 150 Å². The molecule has 0 aliphatic carbocycles. The molecule has 0 heterocycles. The standard InChI is InChI=1S/C20H38O7S.CH3O2P.Na/c1-5-9-11-16(7-3)14-26-19(21)13-18(28(23,24)25)20(22)27-15-17(8-4)12-10-6-2;1-4(2)3;/h16-18H,5-15H2,1-4H3,(H,23,24,25);1H3;/q;;+1/p-1. The van der Waals surface area contributed by atoms with Crippen LogP contribution >= 0.6 is 8.03 Å². The summed E-state index contributed by atoms with van der Waals surface area (Å²) < 4.78 is 53.6. The monoisotopic (exact) mass is 522 g/mol. The summed E-state index contributed by atoms with van der Waals surface area (Å²) in [6.07, 6.45) is 6.58. The normalized spacial score (nSPS) is 14.0. The van der Waals surface area contributed by atoms with Crippen molar-refractivity contribution in [3.05, 3.63) is 0 Å². The van der Waals surface area contributed by atoms with E-state index in [4.69, 9.17) is 18.9 Å². The maximum atomic E-state index is 12.1. The van der Waals surface area contributed by atoms with Crippen LogP contribution in [0.3, 0.4) is 0 Å². The Morgan fingerprint density at radius 2 is 1.30 bits per heavy atom. The van der Waals surface area contributed by atoms with E-state index in [1.165, 1.54) is 0 Å². The number of esters is 2. The summed E-state index contributed by atoms with van der Waals surface area (Å²) in [4.78, 5) is 33.2. The van der Waals surface area contributed by atoms with Crippen LogP contribution in [0, 0.1) is 11.8 Å². The summed E-state index contributed by atoms with van der Waals surface area (Å²) in [6.45, 7) is 9.38. The molecule has 4 unspecified atom stereocenters. The molecule has 4 atom stereocenters. The number of hydrogen-bond acceptors (Lipinski definition) is 9. The van der Waals surface area contributed by atoms with Crippen LogP contribution in [0.2, 0.25) is 0 Å². The van der Waals surface area contributed by atoms with E-state index in [1.54, 1.807) is 0 Å². The fourth-order valence-electron chi connectivity index (χ4n) is 2.81. The van der Waals surface area contributed by atoms with Gasteiger partial charge in [-0.1, -0.05) is 70.8 Å². The molecule has 0 aromatic rings. The molecule has 190 valence electrons. The molecule has 0 spiro atoms. The molecule has 0 aliphatic heterocycles. The van der Waals surface area contributed by atoms with Crippen molar-refractivity contribution in [1.29, 1.82) is 0 Å². The molecule has 0 rings (SSSR count). The summed E-state index contributed by atoms with van der Waals surface area (Å²) in [5.74, 6) is -1.74. The Hall–Kier alpha value is -0.0900. The fourth-order valence-corrected chi connectivity index (χ4v) is 3.46. The summed E-state index contributed by atoms with van der Waals surface area (Å²) in [5.41, 5.74) is 0. The van der Waals surface area contributed by atoms with Crippen molar-refractivity contribution in [2.45, 2.75) is 90.7 Å². The van der Waals surface area contributed by atoms with Crippen molar-refractivity contribution >= 4 is 30.1 Å². The number of unbranched alkanes of at least 4 members (excludes halogenated alkanes) is 2. The third kappa shape index (κ3) is 22.1. The molecule has 33 heavy (non-hydrogen) atoms. The Bertz CT molecular complexity index is 640. The molecular weight excluding hydrogens is 482 g/mol. The largest absolute Gasteiger partial charge is 1.00 e. The molecule has 0 radical (unpaired) electrons. The minimum atomic E-state index is -5.01. The van der Waals surface area contributed by atoms with Crippen molar-refractivity contribution in [2.75, 3.05) is 19.9 Å². The van der Waals surface area contributed by atoms with Gasteiger partial charge >= 0.3 is 49.5 Å². The molecule has 0 amide bonds. The SMILES string of the molecule is CCCCC(CC)COC(=O)CC(C(=O)OCC(CC)CCCC)S(=O)(=O)[O-].C[P+](=O)[O-].[Na+]. The van der Waals surface area contributed by atoms with Gasteiger partial charge in [-0.05, 0) is 24.7 Å². The van der Waals surface area contributed by atoms with Gasteiger partial charge in [0, 0.05) is 0 Å². The zero-order valence-corrected chi connectivity index (χ0v) is 24.8. The van der Waals surface area contributed by atoms with E-state index in [0.717, 1.165) is 58.0 Å².